The summed E-state index contributed by atoms with van der Waals surface area (Å²) in [5.41, 5.74) is 0.619. The van der Waals surface area contributed by atoms with Gasteiger partial charge in [-0.1, -0.05) is 11.6 Å². The lowest BCUT2D eigenvalue weighted by molar-refractivity contribution is -0.118. The van der Waals surface area contributed by atoms with Crippen LogP contribution in [0.15, 0.2) is 42.5 Å². The number of amides is 1. The van der Waals surface area contributed by atoms with E-state index >= 15 is 0 Å². The number of carbonyl (C=O) groups excluding carboxylic acids is 2. The van der Waals surface area contributed by atoms with Gasteiger partial charge in [0.2, 0.25) is 0 Å². The third-order valence-corrected chi connectivity index (χ3v) is 3.50. The minimum Gasteiger partial charge on any atom is -0.497 e. The smallest absolute Gasteiger partial charge is 0.339 e. The van der Waals surface area contributed by atoms with Gasteiger partial charge in [0.1, 0.15) is 11.5 Å². The molecule has 0 unspecified atom stereocenters. The highest BCUT2D eigenvalue weighted by Gasteiger charge is 2.13. The van der Waals surface area contributed by atoms with Crippen LogP contribution in [-0.4, -0.2) is 32.2 Å². The maximum atomic E-state index is 12.0. The number of nitrogens with one attached hydrogen (secondary N) is 1. The van der Waals surface area contributed by atoms with Crippen LogP contribution in [0.25, 0.3) is 0 Å². The number of rotatable bonds is 7. The molecular weight excluding hydrogens is 346 g/mol. The van der Waals surface area contributed by atoms with Gasteiger partial charge in [0, 0.05) is 5.69 Å². The Hall–Kier alpha value is -2.73. The van der Waals surface area contributed by atoms with Crippen molar-refractivity contribution in [2.24, 2.45) is 0 Å². The SMILES string of the molecule is CCOC(=O)c1cc(NC(=O)COc2ccc(OC)cc2)ccc1Cl. The van der Waals surface area contributed by atoms with Crippen LogP contribution in [0.2, 0.25) is 5.02 Å². The van der Waals surface area contributed by atoms with E-state index in [4.69, 9.17) is 25.8 Å². The number of esters is 1. The molecule has 0 aliphatic rings. The van der Waals surface area contributed by atoms with Crippen molar-refractivity contribution in [1.29, 1.82) is 0 Å². The van der Waals surface area contributed by atoms with Crippen LogP contribution in [0.1, 0.15) is 17.3 Å². The molecule has 1 N–H and O–H groups in total. The molecule has 6 nitrogen and oxygen atoms in total. The highest BCUT2D eigenvalue weighted by molar-refractivity contribution is 6.33. The van der Waals surface area contributed by atoms with Crippen LogP contribution in [0.4, 0.5) is 5.69 Å². The van der Waals surface area contributed by atoms with Gasteiger partial charge in [-0.05, 0) is 49.4 Å². The zero-order valence-corrected chi connectivity index (χ0v) is 14.6. The average Bonchev–Trinajstić information content (AvgIpc) is 2.62. The zero-order valence-electron chi connectivity index (χ0n) is 13.9. The number of ether oxygens (including phenoxy) is 3. The lowest BCUT2D eigenvalue weighted by atomic mass is 10.2. The van der Waals surface area contributed by atoms with Crippen molar-refractivity contribution in [2.75, 3.05) is 25.6 Å². The van der Waals surface area contributed by atoms with Crippen molar-refractivity contribution in [3.63, 3.8) is 0 Å². The molecule has 132 valence electrons. The molecule has 2 aromatic rings. The number of anilines is 1. The normalized spacial score (nSPS) is 10.0. The molecular formula is C18H18ClNO5. The summed E-state index contributed by atoms with van der Waals surface area (Å²) in [5.74, 6) is 0.328. The van der Waals surface area contributed by atoms with E-state index in [2.05, 4.69) is 5.32 Å². The molecule has 1 amide bonds. The van der Waals surface area contributed by atoms with Crippen LogP contribution in [0.3, 0.4) is 0 Å². The second-order valence-electron chi connectivity index (χ2n) is 4.93. The number of benzene rings is 2. The predicted molar refractivity (Wildman–Crippen MR) is 94.5 cm³/mol. The first-order chi connectivity index (χ1) is 12.0. The molecule has 7 heteroatoms. The Morgan fingerprint density at radius 2 is 1.76 bits per heavy atom. The number of methoxy groups -OCH3 is 1. The predicted octanol–water partition coefficient (Wildman–Crippen LogP) is 3.54. The first-order valence-electron chi connectivity index (χ1n) is 7.57. The minimum absolute atomic E-state index is 0.177. The fourth-order valence-corrected chi connectivity index (χ4v) is 2.18. The van der Waals surface area contributed by atoms with Gasteiger partial charge in [-0.3, -0.25) is 4.79 Å². The molecule has 2 rings (SSSR count). The Balaban J connectivity index is 1.95. The van der Waals surface area contributed by atoms with Gasteiger partial charge in [-0.2, -0.15) is 0 Å². The van der Waals surface area contributed by atoms with E-state index in [0.29, 0.717) is 17.2 Å². The van der Waals surface area contributed by atoms with E-state index in [0.717, 1.165) is 0 Å². The Kier molecular flexibility index (Phi) is 6.65. The summed E-state index contributed by atoms with van der Waals surface area (Å²) >= 11 is 5.98. The van der Waals surface area contributed by atoms with Crippen molar-refractivity contribution in [3.05, 3.63) is 53.1 Å². The molecule has 25 heavy (non-hydrogen) atoms. The molecule has 2 aromatic carbocycles. The second-order valence-corrected chi connectivity index (χ2v) is 5.33. The van der Waals surface area contributed by atoms with Crippen molar-refractivity contribution < 1.29 is 23.8 Å². The molecule has 0 saturated carbocycles. The summed E-state index contributed by atoms with van der Waals surface area (Å²) in [6.07, 6.45) is 0. The van der Waals surface area contributed by atoms with E-state index in [-0.39, 0.29) is 29.7 Å². The summed E-state index contributed by atoms with van der Waals surface area (Å²) in [6.45, 7) is 1.76. The first kappa shape index (κ1) is 18.6. The van der Waals surface area contributed by atoms with Gasteiger partial charge >= 0.3 is 5.97 Å². The Bertz CT molecular complexity index is 746. The molecule has 0 aliphatic carbocycles. The molecule has 0 saturated heterocycles. The fourth-order valence-electron chi connectivity index (χ4n) is 1.99. The van der Waals surface area contributed by atoms with Crippen LogP contribution in [-0.2, 0) is 9.53 Å². The van der Waals surface area contributed by atoms with Gasteiger partial charge in [0.25, 0.3) is 5.91 Å². The number of hydrogen-bond acceptors (Lipinski definition) is 5. The second kappa shape index (κ2) is 8.94. The molecule has 0 aromatic heterocycles. The Morgan fingerprint density at radius 1 is 1.08 bits per heavy atom. The maximum Gasteiger partial charge on any atom is 0.339 e. The van der Waals surface area contributed by atoms with Crippen molar-refractivity contribution in [3.8, 4) is 11.5 Å². The minimum atomic E-state index is -0.543. The number of halogens is 1. The molecule has 0 bridgehead atoms. The topological polar surface area (TPSA) is 73.9 Å². The zero-order chi connectivity index (χ0) is 18.2. The Labute approximate surface area is 150 Å². The van der Waals surface area contributed by atoms with Crippen LogP contribution < -0.4 is 14.8 Å². The van der Waals surface area contributed by atoms with Gasteiger partial charge in [0.15, 0.2) is 6.61 Å². The van der Waals surface area contributed by atoms with Gasteiger partial charge in [-0.25, -0.2) is 4.79 Å². The summed E-state index contributed by atoms with van der Waals surface area (Å²) in [7, 11) is 1.57. The summed E-state index contributed by atoms with van der Waals surface area (Å²) in [4.78, 5) is 23.8. The molecule has 0 fully saturated rings. The Morgan fingerprint density at radius 3 is 2.40 bits per heavy atom. The van der Waals surface area contributed by atoms with E-state index in [1.807, 2.05) is 0 Å². The largest absolute Gasteiger partial charge is 0.497 e. The summed E-state index contributed by atoms with van der Waals surface area (Å²) < 4.78 is 15.4. The summed E-state index contributed by atoms with van der Waals surface area (Å²) in [5, 5.41) is 2.90. The van der Waals surface area contributed by atoms with Gasteiger partial charge in [0.05, 0.1) is 24.3 Å². The lowest BCUT2D eigenvalue weighted by Crippen LogP contribution is -2.20. The van der Waals surface area contributed by atoms with E-state index < -0.39 is 5.97 Å². The molecule has 0 atom stereocenters. The monoisotopic (exact) mass is 363 g/mol. The number of hydrogen-bond donors (Lipinski definition) is 1. The van der Waals surface area contributed by atoms with E-state index in [1.54, 1.807) is 44.4 Å². The quantitative estimate of drug-likeness (QED) is 0.761. The van der Waals surface area contributed by atoms with Crippen molar-refractivity contribution in [1.82, 2.24) is 0 Å². The summed E-state index contributed by atoms with van der Waals surface area (Å²) in [6, 6.07) is 11.5. The standard InChI is InChI=1S/C18H18ClNO5/c1-3-24-18(22)15-10-12(4-9-16(15)19)20-17(21)11-25-14-7-5-13(23-2)6-8-14/h4-10H,3,11H2,1-2H3,(H,20,21). The maximum absolute atomic E-state index is 12.0. The first-order valence-corrected chi connectivity index (χ1v) is 7.94. The van der Waals surface area contributed by atoms with Crippen LogP contribution in [0, 0.1) is 0 Å². The fraction of sp³-hybridized carbons (Fsp3) is 0.222. The highest BCUT2D eigenvalue weighted by Crippen LogP contribution is 2.22. The average molecular weight is 364 g/mol. The lowest BCUT2D eigenvalue weighted by Gasteiger charge is -2.10. The molecule has 0 aliphatic heterocycles. The molecule has 0 heterocycles. The van der Waals surface area contributed by atoms with Crippen molar-refractivity contribution >= 4 is 29.2 Å². The third-order valence-electron chi connectivity index (χ3n) is 3.17. The van der Waals surface area contributed by atoms with Crippen LogP contribution in [0.5, 0.6) is 11.5 Å². The number of carbonyl (C=O) groups is 2. The van der Waals surface area contributed by atoms with Gasteiger partial charge in [-0.15, -0.1) is 0 Å². The highest BCUT2D eigenvalue weighted by atomic mass is 35.5. The van der Waals surface area contributed by atoms with Gasteiger partial charge < -0.3 is 19.5 Å². The molecule has 0 radical (unpaired) electrons. The molecule has 0 spiro atoms. The van der Waals surface area contributed by atoms with E-state index in [1.165, 1.54) is 12.1 Å². The van der Waals surface area contributed by atoms with E-state index in [9.17, 15) is 9.59 Å². The van der Waals surface area contributed by atoms with Crippen LogP contribution >= 0.6 is 11.6 Å². The third kappa shape index (κ3) is 5.39. The van der Waals surface area contributed by atoms with Crippen molar-refractivity contribution in [2.45, 2.75) is 6.92 Å².